The van der Waals surface area contributed by atoms with Gasteiger partial charge >= 0.3 is 0 Å². The van der Waals surface area contributed by atoms with Crippen LogP contribution in [-0.4, -0.2) is 22.8 Å². The Kier molecular flexibility index (Phi) is 3.08. The van der Waals surface area contributed by atoms with Crippen LogP contribution in [0.25, 0.3) is 0 Å². The highest BCUT2D eigenvalue weighted by atomic mass is 79.9. The number of hydrogen-bond acceptors (Lipinski definition) is 2. The summed E-state index contributed by atoms with van der Waals surface area (Å²) in [5.74, 6) is -0.314. The molecule has 90 valence electrons. The third kappa shape index (κ3) is 1.90. The molecule has 1 aliphatic rings. The van der Waals surface area contributed by atoms with Crippen molar-refractivity contribution < 1.29 is 9.59 Å². The van der Waals surface area contributed by atoms with Gasteiger partial charge < -0.3 is 0 Å². The van der Waals surface area contributed by atoms with Gasteiger partial charge in [0.2, 0.25) is 11.8 Å². The van der Waals surface area contributed by atoms with Gasteiger partial charge in [-0.3, -0.25) is 14.5 Å². The first kappa shape index (κ1) is 12.3. The summed E-state index contributed by atoms with van der Waals surface area (Å²) in [5.41, 5.74) is 1.03. The SMILES string of the molecule is CC(=O)N1C(=O)CC(Br)(c2ccccc2)C1C. The monoisotopic (exact) mass is 295 g/mol. The van der Waals surface area contributed by atoms with Gasteiger partial charge in [-0.1, -0.05) is 46.3 Å². The number of amides is 2. The molecule has 1 aromatic carbocycles. The second kappa shape index (κ2) is 4.26. The Morgan fingerprint density at radius 1 is 1.41 bits per heavy atom. The van der Waals surface area contributed by atoms with Crippen molar-refractivity contribution in [1.82, 2.24) is 4.90 Å². The first-order valence-electron chi connectivity index (χ1n) is 5.54. The topological polar surface area (TPSA) is 37.4 Å². The van der Waals surface area contributed by atoms with E-state index >= 15 is 0 Å². The van der Waals surface area contributed by atoms with Crippen LogP contribution in [0.15, 0.2) is 30.3 Å². The van der Waals surface area contributed by atoms with Crippen molar-refractivity contribution in [2.24, 2.45) is 0 Å². The van der Waals surface area contributed by atoms with Crippen LogP contribution in [0.5, 0.6) is 0 Å². The lowest BCUT2D eigenvalue weighted by molar-refractivity contribution is -0.142. The lowest BCUT2D eigenvalue weighted by atomic mass is 9.92. The van der Waals surface area contributed by atoms with Crippen LogP contribution < -0.4 is 0 Å². The molecule has 17 heavy (non-hydrogen) atoms. The number of likely N-dealkylation sites (tertiary alicyclic amines) is 1. The standard InChI is InChI=1S/C13H14BrNO2/c1-9-13(14,11-6-4-3-5-7-11)8-12(17)15(9)10(2)16/h3-7,9H,8H2,1-2H3. The minimum absolute atomic E-state index is 0.120. The molecule has 3 nitrogen and oxygen atoms in total. The molecule has 0 saturated carbocycles. The highest BCUT2D eigenvalue weighted by Gasteiger charge is 2.50. The molecule has 1 heterocycles. The van der Waals surface area contributed by atoms with Gasteiger partial charge in [0.15, 0.2) is 0 Å². The maximum absolute atomic E-state index is 11.9. The number of nitrogens with zero attached hydrogens (tertiary/aromatic N) is 1. The first-order valence-corrected chi connectivity index (χ1v) is 6.33. The van der Waals surface area contributed by atoms with Crippen molar-refractivity contribution in [3.8, 4) is 0 Å². The number of halogens is 1. The minimum atomic E-state index is -0.461. The zero-order chi connectivity index (χ0) is 12.6. The molecule has 0 bridgehead atoms. The Hall–Kier alpha value is -1.16. The molecule has 0 N–H and O–H groups in total. The van der Waals surface area contributed by atoms with Crippen LogP contribution >= 0.6 is 15.9 Å². The van der Waals surface area contributed by atoms with Gasteiger partial charge in [-0.2, -0.15) is 0 Å². The molecule has 2 atom stereocenters. The van der Waals surface area contributed by atoms with Crippen molar-refractivity contribution in [2.75, 3.05) is 0 Å². The molecular formula is C13H14BrNO2. The normalized spacial score (nSPS) is 28.5. The number of benzene rings is 1. The van der Waals surface area contributed by atoms with Crippen molar-refractivity contribution in [3.63, 3.8) is 0 Å². The third-order valence-electron chi connectivity index (χ3n) is 3.32. The minimum Gasteiger partial charge on any atom is -0.278 e. The number of carbonyl (C=O) groups is 2. The number of alkyl halides is 1. The zero-order valence-electron chi connectivity index (χ0n) is 9.81. The van der Waals surface area contributed by atoms with Crippen molar-refractivity contribution in [1.29, 1.82) is 0 Å². The predicted octanol–water partition coefficient (Wildman–Crippen LogP) is 2.44. The second-order valence-electron chi connectivity index (χ2n) is 4.36. The van der Waals surface area contributed by atoms with Crippen LogP contribution in [0, 0.1) is 0 Å². The van der Waals surface area contributed by atoms with E-state index in [1.165, 1.54) is 11.8 Å². The fourth-order valence-electron chi connectivity index (χ4n) is 2.38. The summed E-state index contributed by atoms with van der Waals surface area (Å²) in [6.07, 6.45) is 0.317. The van der Waals surface area contributed by atoms with Gasteiger partial charge in [-0.05, 0) is 12.5 Å². The smallest absolute Gasteiger partial charge is 0.231 e. The van der Waals surface area contributed by atoms with E-state index in [0.717, 1.165) is 5.56 Å². The molecule has 0 radical (unpaired) electrons. The summed E-state index contributed by atoms with van der Waals surface area (Å²) in [6, 6.07) is 9.58. The van der Waals surface area contributed by atoms with Crippen LogP contribution in [0.3, 0.4) is 0 Å². The highest BCUT2D eigenvalue weighted by Crippen LogP contribution is 2.45. The van der Waals surface area contributed by atoms with E-state index in [0.29, 0.717) is 6.42 Å². The molecule has 1 fully saturated rings. The highest BCUT2D eigenvalue weighted by molar-refractivity contribution is 9.09. The van der Waals surface area contributed by atoms with E-state index in [1.807, 2.05) is 37.3 Å². The third-order valence-corrected chi connectivity index (χ3v) is 4.72. The van der Waals surface area contributed by atoms with E-state index in [1.54, 1.807) is 0 Å². The predicted molar refractivity (Wildman–Crippen MR) is 68.7 cm³/mol. The molecular weight excluding hydrogens is 282 g/mol. The van der Waals surface area contributed by atoms with Crippen LogP contribution in [0.2, 0.25) is 0 Å². The maximum Gasteiger partial charge on any atom is 0.231 e. The van der Waals surface area contributed by atoms with E-state index in [-0.39, 0.29) is 17.9 Å². The van der Waals surface area contributed by atoms with E-state index in [9.17, 15) is 9.59 Å². The fraction of sp³-hybridized carbons (Fsp3) is 0.385. The van der Waals surface area contributed by atoms with Crippen molar-refractivity contribution in [3.05, 3.63) is 35.9 Å². The summed E-state index contributed by atoms with van der Waals surface area (Å²) < 4.78 is -0.461. The van der Waals surface area contributed by atoms with Gasteiger partial charge in [0.1, 0.15) is 0 Å². The van der Waals surface area contributed by atoms with E-state index in [2.05, 4.69) is 15.9 Å². The summed E-state index contributed by atoms with van der Waals surface area (Å²) in [5, 5.41) is 0. The molecule has 2 unspecified atom stereocenters. The quantitative estimate of drug-likeness (QED) is 0.746. The molecule has 1 saturated heterocycles. The Balaban J connectivity index is 2.41. The summed E-state index contributed by atoms with van der Waals surface area (Å²) in [7, 11) is 0. The number of rotatable bonds is 1. The Labute approximate surface area is 109 Å². The Bertz CT molecular complexity index is 460. The number of hydrogen-bond donors (Lipinski definition) is 0. The van der Waals surface area contributed by atoms with Crippen LogP contribution in [0.4, 0.5) is 0 Å². The maximum atomic E-state index is 11.9. The first-order chi connectivity index (χ1) is 7.97. The lowest BCUT2D eigenvalue weighted by Crippen LogP contribution is -2.40. The largest absolute Gasteiger partial charge is 0.278 e. The molecule has 2 amide bonds. The van der Waals surface area contributed by atoms with Gasteiger partial charge in [-0.25, -0.2) is 0 Å². The fourth-order valence-corrected chi connectivity index (χ4v) is 3.09. The summed E-state index contributed by atoms with van der Waals surface area (Å²) in [6.45, 7) is 3.33. The average Bonchev–Trinajstić information content (AvgIpc) is 2.52. The summed E-state index contributed by atoms with van der Waals surface area (Å²) >= 11 is 3.65. The van der Waals surface area contributed by atoms with Crippen molar-refractivity contribution in [2.45, 2.75) is 30.6 Å². The second-order valence-corrected chi connectivity index (χ2v) is 5.78. The molecule has 0 aliphatic carbocycles. The van der Waals surface area contributed by atoms with Gasteiger partial charge in [0.05, 0.1) is 10.4 Å². The number of imide groups is 1. The molecule has 0 spiro atoms. The molecule has 0 aromatic heterocycles. The summed E-state index contributed by atoms with van der Waals surface area (Å²) in [4.78, 5) is 24.7. The average molecular weight is 296 g/mol. The molecule has 1 aliphatic heterocycles. The molecule has 4 heteroatoms. The lowest BCUT2D eigenvalue weighted by Gasteiger charge is -2.29. The van der Waals surface area contributed by atoms with Gasteiger partial charge in [0, 0.05) is 13.3 Å². The van der Waals surface area contributed by atoms with Gasteiger partial charge in [0.25, 0.3) is 0 Å². The zero-order valence-corrected chi connectivity index (χ0v) is 11.4. The Morgan fingerprint density at radius 2 is 2.00 bits per heavy atom. The van der Waals surface area contributed by atoms with Crippen molar-refractivity contribution >= 4 is 27.7 Å². The van der Waals surface area contributed by atoms with E-state index in [4.69, 9.17) is 0 Å². The number of carbonyl (C=O) groups excluding carboxylic acids is 2. The molecule has 2 rings (SSSR count). The van der Waals surface area contributed by atoms with Gasteiger partial charge in [-0.15, -0.1) is 0 Å². The van der Waals surface area contributed by atoms with E-state index < -0.39 is 4.32 Å². The molecule has 1 aromatic rings. The Morgan fingerprint density at radius 3 is 2.47 bits per heavy atom. The van der Waals surface area contributed by atoms with Crippen LogP contribution in [-0.2, 0) is 13.9 Å². The van der Waals surface area contributed by atoms with Crippen LogP contribution in [0.1, 0.15) is 25.8 Å².